The van der Waals surface area contributed by atoms with Gasteiger partial charge in [-0.1, -0.05) is 36.8 Å². The smallest absolute Gasteiger partial charge is 0.280 e. The van der Waals surface area contributed by atoms with E-state index in [4.69, 9.17) is 16.6 Å². The van der Waals surface area contributed by atoms with Crippen molar-refractivity contribution in [2.75, 3.05) is 31.1 Å². The lowest BCUT2D eigenvalue weighted by Crippen LogP contribution is -2.39. The van der Waals surface area contributed by atoms with Crippen LogP contribution in [0.15, 0.2) is 24.4 Å². The Morgan fingerprint density at radius 1 is 1.20 bits per heavy atom. The van der Waals surface area contributed by atoms with E-state index in [0.29, 0.717) is 22.4 Å². The Morgan fingerprint density at radius 3 is 2.50 bits per heavy atom. The molecule has 3 rings (SSSR count). The van der Waals surface area contributed by atoms with Gasteiger partial charge in [0.1, 0.15) is 0 Å². The summed E-state index contributed by atoms with van der Waals surface area (Å²) in [7, 11) is 0. The van der Waals surface area contributed by atoms with Gasteiger partial charge in [0, 0.05) is 30.4 Å². The average Bonchev–Trinajstić information content (AvgIpc) is 3.36. The number of nitrogens with zero attached hydrogens (tertiary/aromatic N) is 5. The van der Waals surface area contributed by atoms with Gasteiger partial charge in [-0.25, -0.2) is 4.98 Å². The van der Waals surface area contributed by atoms with E-state index in [1.807, 2.05) is 39.1 Å². The first-order valence-electron chi connectivity index (χ1n) is 10.0. The van der Waals surface area contributed by atoms with Crippen LogP contribution in [0.25, 0.3) is 10.2 Å². The number of rotatable bonds is 8. The van der Waals surface area contributed by atoms with E-state index in [1.165, 1.54) is 11.3 Å². The Labute approximate surface area is 193 Å². The van der Waals surface area contributed by atoms with E-state index in [2.05, 4.69) is 23.8 Å². The second-order valence-corrected chi connectivity index (χ2v) is 8.69. The highest BCUT2D eigenvalue weighted by Gasteiger charge is 2.24. The second kappa shape index (κ2) is 10.6. The summed E-state index contributed by atoms with van der Waals surface area (Å²) in [4.78, 5) is 22.2. The lowest BCUT2D eigenvalue weighted by molar-refractivity contribution is 0.0978. The fourth-order valence-corrected chi connectivity index (χ4v) is 4.35. The molecule has 6 nitrogen and oxygen atoms in total. The van der Waals surface area contributed by atoms with Crippen LogP contribution in [0.1, 0.15) is 49.8 Å². The van der Waals surface area contributed by atoms with Gasteiger partial charge in [0.15, 0.2) is 10.8 Å². The number of halogens is 2. The number of fused-ring (bicyclic) bond motifs is 1. The summed E-state index contributed by atoms with van der Waals surface area (Å²) in [5.41, 5.74) is 2.23. The van der Waals surface area contributed by atoms with Crippen LogP contribution in [0, 0.1) is 6.92 Å². The molecule has 0 bridgehead atoms. The van der Waals surface area contributed by atoms with Crippen molar-refractivity contribution in [1.29, 1.82) is 0 Å². The second-order valence-electron chi connectivity index (χ2n) is 7.27. The number of carbonyl (C=O) groups excluding carboxylic acids is 1. The maximum Gasteiger partial charge on any atom is 0.280 e. The molecule has 0 aliphatic carbocycles. The van der Waals surface area contributed by atoms with Gasteiger partial charge >= 0.3 is 0 Å². The molecule has 1 amide bonds. The van der Waals surface area contributed by atoms with E-state index in [0.717, 1.165) is 35.4 Å². The summed E-state index contributed by atoms with van der Waals surface area (Å²) >= 11 is 7.79. The summed E-state index contributed by atoms with van der Waals surface area (Å²) in [6.45, 7) is 13.5. The van der Waals surface area contributed by atoms with Crippen molar-refractivity contribution < 1.29 is 4.79 Å². The van der Waals surface area contributed by atoms with E-state index >= 15 is 0 Å². The van der Waals surface area contributed by atoms with Crippen molar-refractivity contribution in [2.45, 2.75) is 40.7 Å². The van der Waals surface area contributed by atoms with Crippen LogP contribution in [-0.2, 0) is 0 Å². The fraction of sp³-hybridized carbons (Fsp3) is 0.476. The molecular formula is C21H29Cl2N5OS. The zero-order valence-electron chi connectivity index (χ0n) is 18.1. The number of aryl methyl sites for hydroxylation is 1. The van der Waals surface area contributed by atoms with E-state index in [1.54, 1.807) is 15.6 Å². The summed E-state index contributed by atoms with van der Waals surface area (Å²) in [6.07, 6.45) is 1.85. The molecule has 0 N–H and O–H groups in total. The number of likely N-dealkylation sites (N-methyl/N-ethyl adjacent to an activating group) is 1. The molecule has 164 valence electrons. The van der Waals surface area contributed by atoms with Crippen molar-refractivity contribution in [2.24, 2.45) is 0 Å². The SMILES string of the molecule is CCN(CC)CCN(C(=O)c1ccn(C(C)C)n1)c1nc2c(C)c(Cl)ccc2s1.Cl. The molecule has 0 unspecified atom stereocenters. The van der Waals surface area contributed by atoms with Crippen LogP contribution >= 0.6 is 35.3 Å². The first-order chi connectivity index (χ1) is 13.8. The third-order valence-electron chi connectivity index (χ3n) is 5.10. The Balaban J connectivity index is 0.00000320. The van der Waals surface area contributed by atoms with Gasteiger partial charge in [-0.3, -0.25) is 14.4 Å². The zero-order valence-corrected chi connectivity index (χ0v) is 20.4. The zero-order chi connectivity index (χ0) is 21.1. The molecule has 0 aliphatic heterocycles. The molecule has 0 fully saturated rings. The van der Waals surface area contributed by atoms with E-state index in [-0.39, 0.29) is 24.4 Å². The molecule has 0 radical (unpaired) electrons. The van der Waals surface area contributed by atoms with E-state index in [9.17, 15) is 4.79 Å². The third kappa shape index (κ3) is 5.14. The van der Waals surface area contributed by atoms with Crippen molar-refractivity contribution in [3.05, 3.63) is 40.7 Å². The molecule has 0 saturated carbocycles. The van der Waals surface area contributed by atoms with Crippen molar-refractivity contribution in [3.8, 4) is 0 Å². The summed E-state index contributed by atoms with van der Waals surface area (Å²) in [5, 5.41) is 5.84. The monoisotopic (exact) mass is 469 g/mol. The Hall–Kier alpha value is -1.67. The molecule has 9 heteroatoms. The van der Waals surface area contributed by atoms with Gasteiger partial charge < -0.3 is 4.90 Å². The highest BCUT2D eigenvalue weighted by atomic mass is 35.5. The highest BCUT2D eigenvalue weighted by Crippen LogP contribution is 2.34. The topological polar surface area (TPSA) is 54.3 Å². The first-order valence-corrected chi connectivity index (χ1v) is 11.2. The number of hydrogen-bond acceptors (Lipinski definition) is 5. The predicted octanol–water partition coefficient (Wildman–Crippen LogP) is 5.45. The van der Waals surface area contributed by atoms with Crippen molar-refractivity contribution in [3.63, 3.8) is 0 Å². The summed E-state index contributed by atoms with van der Waals surface area (Å²) < 4.78 is 2.83. The lowest BCUT2D eigenvalue weighted by Gasteiger charge is -2.24. The average molecular weight is 470 g/mol. The van der Waals surface area contributed by atoms with Crippen LogP contribution in [0.3, 0.4) is 0 Å². The van der Waals surface area contributed by atoms with Crippen LogP contribution < -0.4 is 4.90 Å². The number of aromatic nitrogens is 3. The van der Waals surface area contributed by atoms with Gasteiger partial charge in [0.25, 0.3) is 5.91 Å². The third-order valence-corrected chi connectivity index (χ3v) is 6.56. The van der Waals surface area contributed by atoms with Crippen LogP contribution in [-0.4, -0.2) is 51.8 Å². The maximum absolute atomic E-state index is 13.4. The van der Waals surface area contributed by atoms with Crippen molar-refractivity contribution in [1.82, 2.24) is 19.7 Å². The summed E-state index contributed by atoms with van der Waals surface area (Å²) in [5.74, 6) is -0.126. The van der Waals surface area contributed by atoms with Crippen LogP contribution in [0.5, 0.6) is 0 Å². The minimum absolute atomic E-state index is 0. The largest absolute Gasteiger partial charge is 0.302 e. The highest BCUT2D eigenvalue weighted by molar-refractivity contribution is 7.22. The Morgan fingerprint density at radius 2 is 1.90 bits per heavy atom. The van der Waals surface area contributed by atoms with Gasteiger partial charge in [0.2, 0.25) is 0 Å². The number of benzene rings is 1. The quantitative estimate of drug-likeness (QED) is 0.440. The molecule has 0 aliphatic rings. The molecule has 2 aromatic heterocycles. The van der Waals surface area contributed by atoms with Crippen molar-refractivity contribution >= 4 is 56.6 Å². The number of amides is 1. The van der Waals surface area contributed by atoms with Gasteiger partial charge in [-0.15, -0.1) is 12.4 Å². The van der Waals surface area contributed by atoms with Crippen LogP contribution in [0.4, 0.5) is 5.13 Å². The predicted molar refractivity (Wildman–Crippen MR) is 129 cm³/mol. The fourth-order valence-electron chi connectivity index (χ4n) is 3.15. The Kier molecular flexibility index (Phi) is 8.67. The molecule has 0 spiro atoms. The normalized spacial score (nSPS) is 11.3. The minimum atomic E-state index is -0.126. The van der Waals surface area contributed by atoms with Crippen LogP contribution in [0.2, 0.25) is 5.02 Å². The van der Waals surface area contributed by atoms with Gasteiger partial charge in [-0.05, 0) is 57.6 Å². The minimum Gasteiger partial charge on any atom is -0.302 e. The molecule has 30 heavy (non-hydrogen) atoms. The molecular weight excluding hydrogens is 441 g/mol. The van der Waals surface area contributed by atoms with Gasteiger partial charge in [0.05, 0.1) is 10.2 Å². The molecule has 0 atom stereocenters. The number of hydrogen-bond donors (Lipinski definition) is 0. The molecule has 0 saturated heterocycles. The lowest BCUT2D eigenvalue weighted by atomic mass is 10.2. The molecule has 3 aromatic rings. The number of anilines is 1. The number of thiazole rings is 1. The standard InChI is InChI=1S/C21H28ClN5OS.ClH/c1-6-25(7-2)12-13-26(20(28)17-10-11-27(24-17)14(3)4)21-23-19-15(5)16(22)8-9-18(19)29-21;/h8-11,14H,6-7,12-13H2,1-5H3;1H. The summed E-state index contributed by atoms with van der Waals surface area (Å²) in [6, 6.07) is 5.83. The Bertz CT molecular complexity index is 997. The number of carbonyl (C=O) groups is 1. The maximum atomic E-state index is 13.4. The van der Waals surface area contributed by atoms with Gasteiger partial charge in [-0.2, -0.15) is 5.10 Å². The van der Waals surface area contributed by atoms with E-state index < -0.39 is 0 Å². The molecule has 1 aromatic carbocycles. The molecule has 2 heterocycles. The first kappa shape index (κ1) is 24.6.